The van der Waals surface area contributed by atoms with Crippen LogP contribution in [0.3, 0.4) is 0 Å². The quantitative estimate of drug-likeness (QED) is 0.433. The van der Waals surface area contributed by atoms with Crippen molar-refractivity contribution in [3.8, 4) is 11.3 Å². The van der Waals surface area contributed by atoms with Gasteiger partial charge in [0.15, 0.2) is 0 Å². The summed E-state index contributed by atoms with van der Waals surface area (Å²) >= 11 is 0. The molecule has 0 saturated carbocycles. The zero-order valence-electron chi connectivity index (χ0n) is 11.0. The van der Waals surface area contributed by atoms with Crippen LogP contribution in [0.1, 0.15) is 0 Å². The van der Waals surface area contributed by atoms with E-state index in [1.165, 1.54) is 21.5 Å². The lowest BCUT2D eigenvalue weighted by Gasteiger charge is -2.05. The third-order valence-electron chi connectivity index (χ3n) is 3.67. The van der Waals surface area contributed by atoms with Gasteiger partial charge in [-0.2, -0.15) is 0 Å². The monoisotopic (exact) mass is 255 g/mol. The van der Waals surface area contributed by atoms with Crippen LogP contribution in [-0.4, -0.2) is 4.98 Å². The molecule has 20 heavy (non-hydrogen) atoms. The molecule has 0 amide bonds. The normalized spacial score (nSPS) is 11.0. The second-order valence-electron chi connectivity index (χ2n) is 4.98. The van der Waals surface area contributed by atoms with Crippen molar-refractivity contribution in [2.45, 2.75) is 0 Å². The molecule has 0 atom stereocenters. The van der Waals surface area contributed by atoms with Crippen molar-refractivity contribution in [3.05, 3.63) is 79.0 Å². The lowest BCUT2D eigenvalue weighted by atomic mass is 10.0. The molecule has 1 heteroatoms. The van der Waals surface area contributed by atoms with E-state index in [9.17, 15) is 0 Å². The fraction of sp³-hybridized carbons (Fsp3) is 0. The van der Waals surface area contributed by atoms with E-state index in [1.54, 1.807) is 0 Å². The van der Waals surface area contributed by atoms with Gasteiger partial charge in [0.1, 0.15) is 0 Å². The Labute approximate surface area is 117 Å². The van der Waals surface area contributed by atoms with Crippen molar-refractivity contribution >= 4 is 21.5 Å². The fourth-order valence-electron chi connectivity index (χ4n) is 2.63. The molecule has 0 N–H and O–H groups in total. The highest BCUT2D eigenvalue weighted by molar-refractivity contribution is 5.99. The largest absolute Gasteiger partial charge is 0.256 e. The van der Waals surface area contributed by atoms with Gasteiger partial charge in [0.25, 0.3) is 0 Å². The molecule has 1 aromatic heterocycles. The molecule has 4 aromatic rings. The average Bonchev–Trinajstić information content (AvgIpc) is 2.53. The van der Waals surface area contributed by atoms with Crippen LogP contribution in [0, 0.1) is 0 Å². The lowest BCUT2D eigenvalue weighted by molar-refractivity contribution is 1.33. The van der Waals surface area contributed by atoms with Crippen molar-refractivity contribution in [2.24, 2.45) is 0 Å². The highest BCUT2D eigenvalue weighted by atomic mass is 14.7. The molecule has 1 nitrogen and oxygen atoms in total. The summed E-state index contributed by atoms with van der Waals surface area (Å²) in [6.45, 7) is 0. The second-order valence-corrected chi connectivity index (χ2v) is 4.98. The van der Waals surface area contributed by atoms with Gasteiger partial charge in [0, 0.05) is 11.8 Å². The summed E-state index contributed by atoms with van der Waals surface area (Å²) in [5.74, 6) is 0. The molecule has 0 fully saturated rings. The number of hydrogen-bond acceptors (Lipinski definition) is 1. The number of aromatic nitrogens is 1. The molecule has 3 aromatic carbocycles. The van der Waals surface area contributed by atoms with Crippen molar-refractivity contribution in [2.75, 3.05) is 0 Å². The van der Waals surface area contributed by atoms with Crippen LogP contribution >= 0.6 is 0 Å². The van der Waals surface area contributed by atoms with Crippen LogP contribution < -0.4 is 0 Å². The predicted octanol–water partition coefficient (Wildman–Crippen LogP) is 5.06. The number of pyridine rings is 1. The smallest absolute Gasteiger partial charge is 0.0702 e. The maximum absolute atomic E-state index is 4.42. The van der Waals surface area contributed by atoms with Crippen molar-refractivity contribution in [3.63, 3.8) is 0 Å². The molecule has 0 aliphatic rings. The van der Waals surface area contributed by atoms with E-state index in [4.69, 9.17) is 0 Å². The summed E-state index contributed by atoms with van der Waals surface area (Å²) in [6, 6.07) is 25.5. The van der Waals surface area contributed by atoms with Crippen LogP contribution in [0.25, 0.3) is 32.8 Å². The number of rotatable bonds is 1. The Bertz CT molecular complexity index is 895. The average molecular weight is 255 g/mol. The summed E-state index contributed by atoms with van der Waals surface area (Å²) in [5.41, 5.74) is 2.18. The van der Waals surface area contributed by atoms with Crippen molar-refractivity contribution in [1.82, 2.24) is 4.98 Å². The molecule has 0 spiro atoms. The standard InChI is InChI=1S/C19H13N/c1-2-6-15-12-18-13-17(19-7-3-4-10-20-19)9-8-16(18)11-14(15)5-1/h1-13H. The van der Waals surface area contributed by atoms with E-state index in [0.29, 0.717) is 0 Å². The maximum Gasteiger partial charge on any atom is 0.0702 e. The van der Waals surface area contributed by atoms with Gasteiger partial charge >= 0.3 is 0 Å². The van der Waals surface area contributed by atoms with Gasteiger partial charge < -0.3 is 0 Å². The van der Waals surface area contributed by atoms with Gasteiger partial charge in [-0.25, -0.2) is 0 Å². The second kappa shape index (κ2) is 4.46. The Morgan fingerprint density at radius 3 is 2.00 bits per heavy atom. The van der Waals surface area contributed by atoms with E-state index < -0.39 is 0 Å². The van der Waals surface area contributed by atoms with E-state index in [0.717, 1.165) is 11.3 Å². The fourth-order valence-corrected chi connectivity index (χ4v) is 2.63. The first-order chi connectivity index (χ1) is 9.90. The molecule has 0 unspecified atom stereocenters. The Morgan fingerprint density at radius 2 is 1.25 bits per heavy atom. The van der Waals surface area contributed by atoms with Gasteiger partial charge in [0.2, 0.25) is 0 Å². The molecule has 94 valence electrons. The molecular weight excluding hydrogens is 242 g/mol. The minimum absolute atomic E-state index is 1.02. The minimum Gasteiger partial charge on any atom is -0.256 e. The Hall–Kier alpha value is -2.67. The van der Waals surface area contributed by atoms with E-state index in [-0.39, 0.29) is 0 Å². The lowest BCUT2D eigenvalue weighted by Crippen LogP contribution is -1.83. The Balaban J connectivity index is 1.97. The zero-order chi connectivity index (χ0) is 13.4. The summed E-state index contributed by atoms with van der Waals surface area (Å²) < 4.78 is 0. The molecule has 0 aliphatic carbocycles. The van der Waals surface area contributed by atoms with E-state index >= 15 is 0 Å². The number of nitrogens with zero attached hydrogens (tertiary/aromatic N) is 1. The number of benzene rings is 3. The Morgan fingerprint density at radius 1 is 0.550 bits per heavy atom. The molecule has 0 radical (unpaired) electrons. The van der Waals surface area contributed by atoms with E-state index in [2.05, 4.69) is 59.6 Å². The van der Waals surface area contributed by atoms with Crippen LogP contribution in [0.5, 0.6) is 0 Å². The highest BCUT2D eigenvalue weighted by Gasteiger charge is 2.02. The number of fused-ring (bicyclic) bond motifs is 2. The van der Waals surface area contributed by atoms with Crippen LogP contribution in [0.2, 0.25) is 0 Å². The van der Waals surface area contributed by atoms with Crippen molar-refractivity contribution in [1.29, 1.82) is 0 Å². The summed E-state index contributed by atoms with van der Waals surface area (Å²) in [4.78, 5) is 4.42. The molecule has 0 aliphatic heterocycles. The Kier molecular flexibility index (Phi) is 2.49. The van der Waals surface area contributed by atoms with Gasteiger partial charge in [-0.05, 0) is 51.9 Å². The van der Waals surface area contributed by atoms with Gasteiger partial charge in [-0.1, -0.05) is 42.5 Å². The molecular formula is C19H13N. The van der Waals surface area contributed by atoms with Gasteiger partial charge in [0.05, 0.1) is 5.69 Å². The SMILES string of the molecule is c1ccc(-c2ccc3cc4ccccc4cc3c2)nc1. The summed E-state index contributed by atoms with van der Waals surface area (Å²) in [5, 5.41) is 5.08. The molecule has 4 rings (SSSR count). The van der Waals surface area contributed by atoms with Crippen LogP contribution in [0.4, 0.5) is 0 Å². The van der Waals surface area contributed by atoms with Crippen molar-refractivity contribution < 1.29 is 0 Å². The first-order valence-corrected chi connectivity index (χ1v) is 6.74. The minimum atomic E-state index is 1.02. The highest BCUT2D eigenvalue weighted by Crippen LogP contribution is 2.26. The zero-order valence-corrected chi connectivity index (χ0v) is 11.0. The van der Waals surface area contributed by atoms with E-state index in [1.807, 2.05) is 24.4 Å². The topological polar surface area (TPSA) is 12.9 Å². The first-order valence-electron chi connectivity index (χ1n) is 6.74. The molecule has 0 bridgehead atoms. The third-order valence-corrected chi connectivity index (χ3v) is 3.67. The summed E-state index contributed by atoms with van der Waals surface area (Å²) in [6.07, 6.45) is 1.83. The third kappa shape index (κ3) is 1.84. The first kappa shape index (κ1) is 11.2. The van der Waals surface area contributed by atoms with Crippen LogP contribution in [0.15, 0.2) is 79.0 Å². The molecule has 1 heterocycles. The predicted molar refractivity (Wildman–Crippen MR) is 84.7 cm³/mol. The van der Waals surface area contributed by atoms with Crippen LogP contribution in [-0.2, 0) is 0 Å². The summed E-state index contributed by atoms with van der Waals surface area (Å²) in [7, 11) is 0. The van der Waals surface area contributed by atoms with Gasteiger partial charge in [-0.15, -0.1) is 0 Å². The van der Waals surface area contributed by atoms with Gasteiger partial charge in [-0.3, -0.25) is 4.98 Å². The maximum atomic E-state index is 4.42. The molecule has 0 saturated heterocycles. The number of hydrogen-bond donors (Lipinski definition) is 0.